The molecule has 0 heterocycles. The summed E-state index contributed by atoms with van der Waals surface area (Å²) in [6, 6.07) is 9.87. The fraction of sp³-hybridized carbons (Fsp3) is 0.667. The Morgan fingerprint density at radius 1 is 1.26 bits per heavy atom. The van der Waals surface area contributed by atoms with Crippen LogP contribution in [0.4, 0.5) is 0 Å². The number of nitrogens with one attached hydrogen (secondary N) is 1. The summed E-state index contributed by atoms with van der Waals surface area (Å²) >= 11 is 0. The van der Waals surface area contributed by atoms with Gasteiger partial charge in [0.05, 0.1) is 0 Å². The average Bonchev–Trinajstić information content (AvgIpc) is 3.12. The Morgan fingerprint density at radius 2 is 2.05 bits per heavy atom. The zero-order valence-corrected chi connectivity index (χ0v) is 12.5. The van der Waals surface area contributed by atoms with Crippen LogP contribution >= 0.6 is 0 Å². The van der Waals surface area contributed by atoms with Gasteiger partial charge in [0.1, 0.15) is 0 Å². The van der Waals surface area contributed by atoms with Gasteiger partial charge in [0.15, 0.2) is 0 Å². The molecule has 2 aliphatic carbocycles. The minimum absolute atomic E-state index is 0.728. The second-order valence-corrected chi connectivity index (χ2v) is 6.80. The molecule has 1 aromatic carbocycles. The summed E-state index contributed by atoms with van der Waals surface area (Å²) in [5.41, 5.74) is 3.28. The monoisotopic (exact) mass is 257 g/mol. The number of hydrogen-bond acceptors (Lipinski definition) is 1. The van der Waals surface area contributed by atoms with Crippen molar-refractivity contribution in [3.05, 3.63) is 35.4 Å². The first-order chi connectivity index (χ1) is 9.22. The summed E-state index contributed by atoms with van der Waals surface area (Å²) in [5, 5.41) is 3.76. The van der Waals surface area contributed by atoms with Gasteiger partial charge >= 0.3 is 0 Å². The Morgan fingerprint density at radius 3 is 2.79 bits per heavy atom. The molecule has 1 saturated carbocycles. The Hall–Kier alpha value is -0.820. The van der Waals surface area contributed by atoms with Crippen molar-refractivity contribution in [2.45, 2.75) is 52.0 Å². The maximum Gasteiger partial charge on any atom is 0.0106 e. The van der Waals surface area contributed by atoms with Crippen LogP contribution in [0.2, 0.25) is 0 Å². The molecule has 0 bridgehead atoms. The molecule has 1 nitrogen and oxygen atoms in total. The molecule has 1 N–H and O–H groups in total. The Balaban J connectivity index is 1.78. The first kappa shape index (κ1) is 13.2. The van der Waals surface area contributed by atoms with E-state index in [-0.39, 0.29) is 0 Å². The van der Waals surface area contributed by atoms with Crippen LogP contribution in [0.15, 0.2) is 24.3 Å². The van der Waals surface area contributed by atoms with Gasteiger partial charge < -0.3 is 5.32 Å². The number of benzene rings is 1. The molecular formula is C18H27N. The second-order valence-electron chi connectivity index (χ2n) is 6.80. The van der Waals surface area contributed by atoms with Crippen molar-refractivity contribution in [2.75, 3.05) is 6.54 Å². The van der Waals surface area contributed by atoms with E-state index in [9.17, 15) is 0 Å². The molecule has 1 fully saturated rings. The van der Waals surface area contributed by atoms with E-state index < -0.39 is 0 Å². The van der Waals surface area contributed by atoms with E-state index >= 15 is 0 Å². The van der Waals surface area contributed by atoms with Crippen LogP contribution in [0.5, 0.6) is 0 Å². The largest absolute Gasteiger partial charge is 0.314 e. The summed E-state index contributed by atoms with van der Waals surface area (Å²) in [6.45, 7) is 8.05. The van der Waals surface area contributed by atoms with Gasteiger partial charge in [-0.25, -0.2) is 0 Å². The molecule has 1 aromatic rings. The van der Waals surface area contributed by atoms with Gasteiger partial charge in [-0.05, 0) is 60.6 Å². The molecule has 2 aliphatic rings. The standard InChI is InChI=1S/C18H27N/c1-4-19-16(11-12(2)3)18-15-10-9-13-7-5-6-8-14(13)17(15)18/h5-8,12,15-19H,4,9-11H2,1-3H3. The first-order valence-electron chi connectivity index (χ1n) is 8.03. The van der Waals surface area contributed by atoms with Gasteiger partial charge in [0.25, 0.3) is 0 Å². The highest BCUT2D eigenvalue weighted by atomic mass is 14.9. The predicted octanol–water partition coefficient (Wildman–Crippen LogP) is 3.99. The molecule has 4 unspecified atom stereocenters. The van der Waals surface area contributed by atoms with E-state index in [4.69, 9.17) is 0 Å². The van der Waals surface area contributed by atoms with E-state index in [0.717, 1.165) is 36.3 Å². The highest BCUT2D eigenvalue weighted by Gasteiger charge is 2.55. The fourth-order valence-corrected chi connectivity index (χ4v) is 4.31. The Labute approximate surface area is 117 Å². The summed E-state index contributed by atoms with van der Waals surface area (Å²) in [6.07, 6.45) is 4.04. The number of aryl methyl sites for hydroxylation is 1. The molecule has 0 saturated heterocycles. The molecule has 0 aromatic heterocycles. The minimum Gasteiger partial charge on any atom is -0.314 e. The topological polar surface area (TPSA) is 12.0 Å². The molecule has 0 radical (unpaired) electrons. The van der Waals surface area contributed by atoms with Crippen molar-refractivity contribution in [1.29, 1.82) is 0 Å². The molecule has 0 spiro atoms. The number of rotatable bonds is 5. The lowest BCUT2D eigenvalue weighted by molar-refractivity contribution is 0.372. The van der Waals surface area contributed by atoms with Crippen LogP contribution in [0, 0.1) is 17.8 Å². The van der Waals surface area contributed by atoms with Crippen LogP contribution in [0.1, 0.15) is 50.7 Å². The molecule has 4 atom stereocenters. The second kappa shape index (κ2) is 5.28. The number of hydrogen-bond donors (Lipinski definition) is 1. The SMILES string of the molecule is CCNC(CC(C)C)C1C2CCc3ccccc3C21. The molecular weight excluding hydrogens is 230 g/mol. The number of fused-ring (bicyclic) bond motifs is 3. The van der Waals surface area contributed by atoms with Crippen molar-refractivity contribution < 1.29 is 0 Å². The summed E-state index contributed by atoms with van der Waals surface area (Å²) in [4.78, 5) is 0. The van der Waals surface area contributed by atoms with Gasteiger partial charge in [-0.1, -0.05) is 45.0 Å². The summed E-state index contributed by atoms with van der Waals surface area (Å²) in [7, 11) is 0. The van der Waals surface area contributed by atoms with Crippen LogP contribution in [0.25, 0.3) is 0 Å². The first-order valence-corrected chi connectivity index (χ1v) is 8.03. The molecule has 0 amide bonds. The van der Waals surface area contributed by atoms with Crippen molar-refractivity contribution in [3.63, 3.8) is 0 Å². The van der Waals surface area contributed by atoms with Gasteiger partial charge in [-0.15, -0.1) is 0 Å². The fourth-order valence-electron chi connectivity index (χ4n) is 4.31. The smallest absolute Gasteiger partial charge is 0.0106 e. The molecule has 3 rings (SSSR count). The predicted molar refractivity (Wildman–Crippen MR) is 81.4 cm³/mol. The summed E-state index contributed by atoms with van der Waals surface area (Å²) < 4.78 is 0. The summed E-state index contributed by atoms with van der Waals surface area (Å²) in [5.74, 6) is 3.50. The normalized spacial score (nSPS) is 29.8. The zero-order valence-electron chi connectivity index (χ0n) is 12.5. The van der Waals surface area contributed by atoms with E-state index in [1.165, 1.54) is 19.3 Å². The highest BCUT2D eigenvalue weighted by molar-refractivity contribution is 5.40. The quantitative estimate of drug-likeness (QED) is 0.841. The van der Waals surface area contributed by atoms with Gasteiger partial charge in [-0.2, -0.15) is 0 Å². The van der Waals surface area contributed by atoms with Gasteiger partial charge in [0, 0.05) is 6.04 Å². The van der Waals surface area contributed by atoms with Crippen LogP contribution in [0.3, 0.4) is 0 Å². The van der Waals surface area contributed by atoms with Gasteiger partial charge in [-0.3, -0.25) is 0 Å². The van der Waals surface area contributed by atoms with Gasteiger partial charge in [0.2, 0.25) is 0 Å². The lowest BCUT2D eigenvalue weighted by Gasteiger charge is -2.20. The lowest BCUT2D eigenvalue weighted by atomic mass is 9.92. The third kappa shape index (κ3) is 2.45. The third-order valence-corrected chi connectivity index (χ3v) is 5.05. The lowest BCUT2D eigenvalue weighted by Crippen LogP contribution is -2.33. The third-order valence-electron chi connectivity index (χ3n) is 5.05. The zero-order chi connectivity index (χ0) is 13.4. The van der Waals surface area contributed by atoms with Crippen LogP contribution < -0.4 is 5.32 Å². The minimum atomic E-state index is 0.728. The maximum atomic E-state index is 3.76. The average molecular weight is 257 g/mol. The molecule has 104 valence electrons. The highest BCUT2D eigenvalue weighted by Crippen LogP contribution is 2.61. The van der Waals surface area contributed by atoms with Crippen molar-refractivity contribution in [1.82, 2.24) is 5.32 Å². The van der Waals surface area contributed by atoms with Crippen molar-refractivity contribution >= 4 is 0 Å². The molecule has 19 heavy (non-hydrogen) atoms. The van der Waals surface area contributed by atoms with E-state index in [1.54, 1.807) is 11.1 Å². The Bertz CT molecular complexity index is 437. The van der Waals surface area contributed by atoms with Crippen LogP contribution in [-0.2, 0) is 6.42 Å². The maximum absolute atomic E-state index is 3.76. The van der Waals surface area contributed by atoms with E-state index in [1.807, 2.05) is 0 Å². The van der Waals surface area contributed by atoms with E-state index in [2.05, 4.69) is 50.4 Å². The van der Waals surface area contributed by atoms with Crippen molar-refractivity contribution in [3.8, 4) is 0 Å². The van der Waals surface area contributed by atoms with E-state index in [0.29, 0.717) is 0 Å². The van der Waals surface area contributed by atoms with Crippen LogP contribution in [-0.4, -0.2) is 12.6 Å². The van der Waals surface area contributed by atoms with Crippen molar-refractivity contribution in [2.24, 2.45) is 17.8 Å². The molecule has 0 aliphatic heterocycles. The molecule has 1 heteroatoms. The Kier molecular flexibility index (Phi) is 3.66.